The van der Waals surface area contributed by atoms with Crippen LogP contribution in [0.1, 0.15) is 46.0 Å². The molecule has 1 aliphatic heterocycles. The van der Waals surface area contributed by atoms with Gasteiger partial charge in [-0.05, 0) is 52.5 Å². The molecule has 94 valence electrons. The molecule has 0 aromatic rings. The van der Waals surface area contributed by atoms with Crippen LogP contribution in [0, 0.1) is 0 Å². The Morgan fingerprint density at radius 1 is 1.19 bits per heavy atom. The van der Waals surface area contributed by atoms with Crippen molar-refractivity contribution in [1.29, 1.82) is 0 Å². The fraction of sp³-hybridized carbons (Fsp3) is 1.00. The van der Waals surface area contributed by atoms with Gasteiger partial charge in [0, 0.05) is 12.6 Å². The van der Waals surface area contributed by atoms with E-state index < -0.39 is 0 Å². The van der Waals surface area contributed by atoms with Gasteiger partial charge in [0.15, 0.2) is 0 Å². The lowest BCUT2D eigenvalue weighted by molar-refractivity contribution is -0.102. The summed E-state index contributed by atoms with van der Waals surface area (Å²) in [6, 6.07) is 0.822. The largest absolute Gasteiger partial charge is 0.378 e. The molecular weight excluding hydrogens is 202 g/mol. The van der Waals surface area contributed by atoms with Crippen molar-refractivity contribution >= 4 is 0 Å². The zero-order valence-electron chi connectivity index (χ0n) is 10.6. The van der Waals surface area contributed by atoms with Gasteiger partial charge in [0.25, 0.3) is 0 Å². The minimum Gasteiger partial charge on any atom is -0.378 e. The topological polar surface area (TPSA) is 30.5 Å². The third kappa shape index (κ3) is 4.40. The molecule has 1 N–H and O–H groups in total. The van der Waals surface area contributed by atoms with E-state index in [1.807, 2.05) is 0 Å². The molecule has 0 aromatic heterocycles. The molecule has 2 unspecified atom stereocenters. The first-order valence-electron chi connectivity index (χ1n) is 6.74. The van der Waals surface area contributed by atoms with Gasteiger partial charge in [-0.2, -0.15) is 0 Å². The summed E-state index contributed by atoms with van der Waals surface area (Å²) in [6.07, 6.45) is 7.12. The first-order valence-corrected chi connectivity index (χ1v) is 6.74. The van der Waals surface area contributed by atoms with E-state index in [-0.39, 0.29) is 0 Å². The SMILES string of the molecule is CC1CC(OCCCNC2CC2)CC(C)O1. The first kappa shape index (κ1) is 12.3. The van der Waals surface area contributed by atoms with Crippen molar-refractivity contribution in [2.45, 2.75) is 70.3 Å². The highest BCUT2D eigenvalue weighted by Gasteiger charge is 2.24. The molecule has 3 nitrogen and oxygen atoms in total. The molecule has 2 atom stereocenters. The van der Waals surface area contributed by atoms with E-state index in [2.05, 4.69) is 19.2 Å². The van der Waals surface area contributed by atoms with Gasteiger partial charge < -0.3 is 14.8 Å². The summed E-state index contributed by atoms with van der Waals surface area (Å²) in [5, 5.41) is 3.51. The Bertz CT molecular complexity index is 196. The second-order valence-corrected chi connectivity index (χ2v) is 5.30. The molecule has 2 aliphatic rings. The lowest BCUT2D eigenvalue weighted by Gasteiger charge is -2.32. The Balaban J connectivity index is 1.50. The molecular formula is C13H25NO2. The third-order valence-electron chi connectivity index (χ3n) is 3.34. The van der Waals surface area contributed by atoms with Crippen LogP contribution in [0.4, 0.5) is 0 Å². The van der Waals surface area contributed by atoms with E-state index in [0.717, 1.165) is 38.5 Å². The second-order valence-electron chi connectivity index (χ2n) is 5.30. The minimum atomic E-state index is 0.360. The molecule has 16 heavy (non-hydrogen) atoms. The van der Waals surface area contributed by atoms with Crippen molar-refractivity contribution in [1.82, 2.24) is 5.32 Å². The van der Waals surface area contributed by atoms with Crippen LogP contribution in [0.25, 0.3) is 0 Å². The molecule has 2 rings (SSSR count). The maximum Gasteiger partial charge on any atom is 0.0624 e. The lowest BCUT2D eigenvalue weighted by atomic mass is 10.0. The summed E-state index contributed by atoms with van der Waals surface area (Å²) in [4.78, 5) is 0. The summed E-state index contributed by atoms with van der Waals surface area (Å²) < 4.78 is 11.6. The number of nitrogens with one attached hydrogen (secondary N) is 1. The normalized spacial score (nSPS) is 35.2. The molecule has 0 radical (unpaired) electrons. The number of hydrogen-bond acceptors (Lipinski definition) is 3. The number of rotatable bonds is 6. The maximum absolute atomic E-state index is 5.91. The standard InChI is InChI=1S/C13H25NO2/c1-10-8-13(9-11(2)16-10)15-7-3-6-14-12-4-5-12/h10-14H,3-9H2,1-2H3. The summed E-state index contributed by atoms with van der Waals surface area (Å²) >= 11 is 0. The molecule has 0 spiro atoms. The highest BCUT2D eigenvalue weighted by molar-refractivity contribution is 4.80. The Morgan fingerprint density at radius 3 is 2.50 bits per heavy atom. The predicted octanol–water partition coefficient (Wildman–Crippen LogP) is 2.10. The molecule has 1 saturated heterocycles. The first-order chi connectivity index (χ1) is 7.74. The molecule has 1 aliphatic carbocycles. The van der Waals surface area contributed by atoms with Crippen molar-refractivity contribution < 1.29 is 9.47 Å². The summed E-state index contributed by atoms with van der Waals surface area (Å²) in [7, 11) is 0. The molecule has 0 bridgehead atoms. The van der Waals surface area contributed by atoms with Crippen LogP contribution in [-0.4, -0.2) is 37.5 Å². The Kier molecular flexibility index (Phi) is 4.62. The highest BCUT2D eigenvalue weighted by atomic mass is 16.5. The summed E-state index contributed by atoms with van der Waals surface area (Å²) in [5.74, 6) is 0. The van der Waals surface area contributed by atoms with Crippen molar-refractivity contribution in [3.05, 3.63) is 0 Å². The smallest absolute Gasteiger partial charge is 0.0624 e. The van der Waals surface area contributed by atoms with Crippen LogP contribution >= 0.6 is 0 Å². The van der Waals surface area contributed by atoms with Crippen LogP contribution in [-0.2, 0) is 9.47 Å². The van der Waals surface area contributed by atoms with E-state index in [0.29, 0.717) is 18.3 Å². The van der Waals surface area contributed by atoms with Crippen molar-refractivity contribution in [2.24, 2.45) is 0 Å². The second kappa shape index (κ2) is 5.99. The molecule has 3 heteroatoms. The molecule has 0 aromatic carbocycles. The predicted molar refractivity (Wildman–Crippen MR) is 64.6 cm³/mol. The van der Waals surface area contributed by atoms with Crippen LogP contribution in [0.2, 0.25) is 0 Å². The molecule has 0 amide bonds. The Morgan fingerprint density at radius 2 is 1.88 bits per heavy atom. The quantitative estimate of drug-likeness (QED) is 0.705. The number of hydrogen-bond donors (Lipinski definition) is 1. The average Bonchev–Trinajstić information content (AvgIpc) is 2.99. The van der Waals surface area contributed by atoms with Gasteiger partial charge in [-0.25, -0.2) is 0 Å². The third-order valence-corrected chi connectivity index (χ3v) is 3.34. The zero-order chi connectivity index (χ0) is 11.4. The van der Waals surface area contributed by atoms with E-state index in [9.17, 15) is 0 Å². The Labute approximate surface area is 98.9 Å². The fourth-order valence-corrected chi connectivity index (χ4v) is 2.40. The lowest BCUT2D eigenvalue weighted by Crippen LogP contribution is -2.34. The van der Waals surface area contributed by atoms with Gasteiger partial charge in [-0.3, -0.25) is 0 Å². The molecule has 2 fully saturated rings. The maximum atomic E-state index is 5.91. The van der Waals surface area contributed by atoms with Gasteiger partial charge in [0.05, 0.1) is 18.3 Å². The van der Waals surface area contributed by atoms with Crippen molar-refractivity contribution in [3.63, 3.8) is 0 Å². The van der Waals surface area contributed by atoms with Crippen LogP contribution in [0.3, 0.4) is 0 Å². The molecule has 1 heterocycles. The minimum absolute atomic E-state index is 0.360. The molecule has 1 saturated carbocycles. The van der Waals surface area contributed by atoms with Crippen molar-refractivity contribution in [2.75, 3.05) is 13.2 Å². The van der Waals surface area contributed by atoms with E-state index >= 15 is 0 Å². The van der Waals surface area contributed by atoms with Crippen molar-refractivity contribution in [3.8, 4) is 0 Å². The van der Waals surface area contributed by atoms with Gasteiger partial charge in [0.1, 0.15) is 0 Å². The van der Waals surface area contributed by atoms with Gasteiger partial charge in [-0.1, -0.05) is 0 Å². The van der Waals surface area contributed by atoms with E-state index in [4.69, 9.17) is 9.47 Å². The van der Waals surface area contributed by atoms with Gasteiger partial charge >= 0.3 is 0 Å². The van der Waals surface area contributed by atoms with Gasteiger partial charge in [0.2, 0.25) is 0 Å². The van der Waals surface area contributed by atoms with E-state index in [1.54, 1.807) is 0 Å². The zero-order valence-corrected chi connectivity index (χ0v) is 10.6. The summed E-state index contributed by atoms with van der Waals surface area (Å²) in [5.41, 5.74) is 0. The van der Waals surface area contributed by atoms with E-state index in [1.165, 1.54) is 12.8 Å². The highest BCUT2D eigenvalue weighted by Crippen LogP contribution is 2.21. The van der Waals surface area contributed by atoms with Crippen LogP contribution in [0.15, 0.2) is 0 Å². The average molecular weight is 227 g/mol. The van der Waals surface area contributed by atoms with Gasteiger partial charge in [-0.15, -0.1) is 0 Å². The Hall–Kier alpha value is -0.120. The summed E-state index contributed by atoms with van der Waals surface area (Å²) in [6.45, 7) is 6.28. The fourth-order valence-electron chi connectivity index (χ4n) is 2.40. The van der Waals surface area contributed by atoms with Crippen LogP contribution in [0.5, 0.6) is 0 Å². The monoisotopic (exact) mass is 227 g/mol. The van der Waals surface area contributed by atoms with Crippen LogP contribution < -0.4 is 5.32 Å². The number of ether oxygens (including phenoxy) is 2.